The molecule has 26 heavy (non-hydrogen) atoms. The van der Waals surface area contributed by atoms with Gasteiger partial charge in [-0.1, -0.05) is 19.1 Å². The third-order valence-electron chi connectivity index (χ3n) is 4.25. The fourth-order valence-electron chi connectivity index (χ4n) is 3.07. The van der Waals surface area contributed by atoms with Gasteiger partial charge in [0.1, 0.15) is 18.0 Å². The molecule has 0 spiro atoms. The van der Waals surface area contributed by atoms with Gasteiger partial charge >= 0.3 is 5.63 Å². The SMILES string of the molecule is CCc1nc2ccccc2n1CC(=O)Nc1ccc2oc(=O)ccc2c1. The third-order valence-corrected chi connectivity index (χ3v) is 4.25. The fourth-order valence-corrected chi connectivity index (χ4v) is 3.07. The number of nitrogens with zero attached hydrogens (tertiary/aromatic N) is 2. The van der Waals surface area contributed by atoms with E-state index >= 15 is 0 Å². The Morgan fingerprint density at radius 3 is 2.85 bits per heavy atom. The van der Waals surface area contributed by atoms with Crippen molar-refractivity contribution in [3.8, 4) is 0 Å². The minimum atomic E-state index is -0.395. The monoisotopic (exact) mass is 347 g/mol. The van der Waals surface area contributed by atoms with Crippen LogP contribution in [-0.2, 0) is 17.8 Å². The van der Waals surface area contributed by atoms with E-state index in [1.54, 1.807) is 24.3 Å². The maximum absolute atomic E-state index is 12.5. The second kappa shape index (κ2) is 6.48. The summed E-state index contributed by atoms with van der Waals surface area (Å²) < 4.78 is 7.04. The molecule has 0 aliphatic heterocycles. The van der Waals surface area contributed by atoms with Crippen LogP contribution in [0, 0.1) is 0 Å². The number of carbonyl (C=O) groups excluding carboxylic acids is 1. The van der Waals surface area contributed by atoms with Gasteiger partial charge in [0.15, 0.2) is 0 Å². The number of aromatic nitrogens is 2. The van der Waals surface area contributed by atoms with Gasteiger partial charge in [0.2, 0.25) is 5.91 Å². The number of anilines is 1. The summed E-state index contributed by atoms with van der Waals surface area (Å²) in [5, 5.41) is 3.65. The van der Waals surface area contributed by atoms with Crippen molar-refractivity contribution < 1.29 is 9.21 Å². The summed E-state index contributed by atoms with van der Waals surface area (Å²) in [7, 11) is 0. The Morgan fingerprint density at radius 1 is 1.15 bits per heavy atom. The van der Waals surface area contributed by atoms with Crippen LogP contribution in [0.3, 0.4) is 0 Å². The highest BCUT2D eigenvalue weighted by atomic mass is 16.4. The van der Waals surface area contributed by atoms with E-state index in [2.05, 4.69) is 10.3 Å². The smallest absolute Gasteiger partial charge is 0.336 e. The first-order valence-corrected chi connectivity index (χ1v) is 8.42. The van der Waals surface area contributed by atoms with Crippen molar-refractivity contribution in [1.29, 1.82) is 0 Å². The second-order valence-electron chi connectivity index (χ2n) is 6.01. The van der Waals surface area contributed by atoms with E-state index in [0.717, 1.165) is 28.7 Å². The van der Waals surface area contributed by atoms with Gasteiger partial charge < -0.3 is 14.3 Å². The third kappa shape index (κ3) is 2.97. The Bertz CT molecular complexity index is 1170. The minimum Gasteiger partial charge on any atom is -0.423 e. The number of imidazole rings is 1. The first kappa shape index (κ1) is 16.1. The Balaban J connectivity index is 1.59. The maximum atomic E-state index is 12.5. The van der Waals surface area contributed by atoms with Crippen LogP contribution in [0.15, 0.2) is 63.8 Å². The van der Waals surface area contributed by atoms with E-state index < -0.39 is 5.63 Å². The second-order valence-corrected chi connectivity index (χ2v) is 6.01. The Hall–Kier alpha value is -3.41. The van der Waals surface area contributed by atoms with Gasteiger partial charge in [-0.15, -0.1) is 0 Å². The van der Waals surface area contributed by atoms with E-state index in [0.29, 0.717) is 11.3 Å². The minimum absolute atomic E-state index is 0.139. The molecule has 0 radical (unpaired) electrons. The average molecular weight is 347 g/mol. The van der Waals surface area contributed by atoms with Crippen molar-refractivity contribution in [3.05, 3.63) is 70.8 Å². The molecule has 0 atom stereocenters. The molecule has 0 saturated carbocycles. The maximum Gasteiger partial charge on any atom is 0.336 e. The first-order chi connectivity index (χ1) is 12.6. The molecule has 0 aliphatic carbocycles. The van der Waals surface area contributed by atoms with Gasteiger partial charge in [0.25, 0.3) is 0 Å². The molecular formula is C20H17N3O3. The molecule has 4 rings (SSSR count). The predicted octanol–water partition coefficient (Wildman–Crippen LogP) is 3.34. The Labute approximate surface area is 149 Å². The first-order valence-electron chi connectivity index (χ1n) is 8.42. The number of rotatable bonds is 4. The molecule has 130 valence electrons. The molecule has 0 aliphatic rings. The van der Waals surface area contributed by atoms with Gasteiger partial charge in [0.05, 0.1) is 11.0 Å². The van der Waals surface area contributed by atoms with Crippen molar-refractivity contribution in [2.24, 2.45) is 0 Å². The summed E-state index contributed by atoms with van der Waals surface area (Å²) in [6.45, 7) is 2.21. The largest absolute Gasteiger partial charge is 0.423 e. The van der Waals surface area contributed by atoms with Crippen LogP contribution in [0.1, 0.15) is 12.7 Å². The molecular weight excluding hydrogens is 330 g/mol. The number of hydrogen-bond acceptors (Lipinski definition) is 4. The lowest BCUT2D eigenvalue weighted by molar-refractivity contribution is -0.116. The van der Waals surface area contributed by atoms with Crippen LogP contribution < -0.4 is 10.9 Å². The van der Waals surface area contributed by atoms with Crippen LogP contribution >= 0.6 is 0 Å². The number of hydrogen-bond donors (Lipinski definition) is 1. The van der Waals surface area contributed by atoms with E-state index in [1.165, 1.54) is 6.07 Å². The van der Waals surface area contributed by atoms with Crippen molar-refractivity contribution in [3.63, 3.8) is 0 Å². The molecule has 2 aromatic heterocycles. The fraction of sp³-hybridized carbons (Fsp3) is 0.150. The van der Waals surface area contributed by atoms with Crippen molar-refractivity contribution in [2.45, 2.75) is 19.9 Å². The number of carbonyl (C=O) groups is 1. The highest BCUT2D eigenvalue weighted by Crippen LogP contribution is 2.19. The van der Waals surface area contributed by atoms with E-state index in [1.807, 2.05) is 35.8 Å². The molecule has 2 heterocycles. The van der Waals surface area contributed by atoms with Crippen molar-refractivity contribution in [2.75, 3.05) is 5.32 Å². The summed E-state index contributed by atoms with van der Waals surface area (Å²) >= 11 is 0. The van der Waals surface area contributed by atoms with E-state index in [9.17, 15) is 9.59 Å². The zero-order chi connectivity index (χ0) is 18.1. The van der Waals surface area contributed by atoms with E-state index in [4.69, 9.17) is 4.42 Å². The normalized spacial score (nSPS) is 11.1. The highest BCUT2D eigenvalue weighted by Gasteiger charge is 2.12. The van der Waals surface area contributed by atoms with Gasteiger partial charge in [0, 0.05) is 23.6 Å². The molecule has 1 N–H and O–H groups in total. The number of benzene rings is 2. The molecule has 0 fully saturated rings. The quantitative estimate of drug-likeness (QED) is 0.574. The van der Waals surface area contributed by atoms with Gasteiger partial charge in [-0.2, -0.15) is 0 Å². The van der Waals surface area contributed by atoms with Gasteiger partial charge in [-0.05, 0) is 36.4 Å². The van der Waals surface area contributed by atoms with E-state index in [-0.39, 0.29) is 12.5 Å². The van der Waals surface area contributed by atoms with Crippen LogP contribution in [-0.4, -0.2) is 15.5 Å². The van der Waals surface area contributed by atoms with Crippen molar-refractivity contribution in [1.82, 2.24) is 9.55 Å². The molecule has 0 bridgehead atoms. The van der Waals surface area contributed by atoms with Gasteiger partial charge in [-0.3, -0.25) is 4.79 Å². The Kier molecular flexibility index (Phi) is 4.01. The van der Waals surface area contributed by atoms with Gasteiger partial charge in [-0.25, -0.2) is 9.78 Å². The number of nitrogens with one attached hydrogen (secondary N) is 1. The summed E-state index contributed by atoms with van der Waals surface area (Å²) in [4.78, 5) is 28.4. The molecule has 6 nitrogen and oxygen atoms in total. The lowest BCUT2D eigenvalue weighted by Crippen LogP contribution is -2.20. The molecule has 0 unspecified atom stereocenters. The van der Waals surface area contributed by atoms with Crippen LogP contribution in [0.4, 0.5) is 5.69 Å². The van der Waals surface area contributed by atoms with Crippen molar-refractivity contribution >= 4 is 33.6 Å². The molecule has 1 amide bonds. The zero-order valence-electron chi connectivity index (χ0n) is 14.2. The standard InChI is InChI=1S/C20H17N3O3/c1-2-18-22-15-5-3-4-6-16(15)23(18)12-19(24)21-14-8-9-17-13(11-14)7-10-20(25)26-17/h3-11H,2,12H2,1H3,(H,21,24). The zero-order valence-corrected chi connectivity index (χ0v) is 14.2. The summed E-state index contributed by atoms with van der Waals surface area (Å²) in [5.41, 5.74) is 2.58. The lowest BCUT2D eigenvalue weighted by Gasteiger charge is -2.10. The molecule has 2 aromatic carbocycles. The predicted molar refractivity (Wildman–Crippen MR) is 100 cm³/mol. The Morgan fingerprint density at radius 2 is 2.00 bits per heavy atom. The number of aryl methyl sites for hydroxylation is 1. The topological polar surface area (TPSA) is 77.1 Å². The molecule has 4 aromatic rings. The lowest BCUT2D eigenvalue weighted by atomic mass is 10.2. The average Bonchev–Trinajstić information content (AvgIpc) is 2.99. The summed E-state index contributed by atoms with van der Waals surface area (Å²) in [6, 6.07) is 16.0. The molecule has 0 saturated heterocycles. The summed E-state index contributed by atoms with van der Waals surface area (Å²) in [6.07, 6.45) is 0.747. The van der Waals surface area contributed by atoms with Crippen LogP contribution in [0.5, 0.6) is 0 Å². The van der Waals surface area contributed by atoms with Crippen LogP contribution in [0.25, 0.3) is 22.0 Å². The van der Waals surface area contributed by atoms with Crippen LogP contribution in [0.2, 0.25) is 0 Å². The number of fused-ring (bicyclic) bond motifs is 2. The number of para-hydroxylation sites is 2. The molecule has 6 heteroatoms. The number of amides is 1. The summed E-state index contributed by atoms with van der Waals surface area (Å²) in [5.74, 6) is 0.737. The highest BCUT2D eigenvalue weighted by molar-refractivity contribution is 5.94.